The molecule has 2 fully saturated rings. The molecule has 4 rings (SSSR count). The molecule has 1 spiro atoms. The first-order chi connectivity index (χ1) is 12.1. The van der Waals surface area contributed by atoms with Gasteiger partial charge in [0.15, 0.2) is 11.6 Å². The van der Waals surface area contributed by atoms with Crippen LogP contribution in [0.5, 0.6) is 0 Å². The van der Waals surface area contributed by atoms with E-state index in [-0.39, 0.29) is 22.8 Å². The molecule has 1 amide bonds. The predicted octanol–water partition coefficient (Wildman–Crippen LogP) is 3.36. The minimum Gasteiger partial charge on any atom is -0.317 e. The van der Waals surface area contributed by atoms with Gasteiger partial charge in [0, 0.05) is 23.2 Å². The molecule has 1 aromatic heterocycles. The Kier molecular flexibility index (Phi) is 4.00. The first kappa shape index (κ1) is 16.1. The lowest BCUT2D eigenvalue weighted by atomic mass is 9.92. The Bertz CT molecular complexity index is 801. The highest BCUT2D eigenvalue weighted by atomic mass is 19.2. The molecule has 25 heavy (non-hydrogen) atoms. The number of hydrogen-bond acceptors (Lipinski definition) is 3. The number of amides is 1. The van der Waals surface area contributed by atoms with Crippen molar-refractivity contribution in [3.05, 3.63) is 48.2 Å². The molecule has 1 saturated carbocycles. The Morgan fingerprint density at radius 3 is 2.72 bits per heavy atom. The lowest BCUT2D eigenvalue weighted by Crippen LogP contribution is -2.31. The van der Waals surface area contributed by atoms with Crippen LogP contribution in [0.25, 0.3) is 11.1 Å². The van der Waals surface area contributed by atoms with Crippen molar-refractivity contribution >= 4 is 11.7 Å². The van der Waals surface area contributed by atoms with Crippen LogP contribution in [0.1, 0.15) is 19.3 Å². The van der Waals surface area contributed by atoms with Gasteiger partial charge in [-0.25, -0.2) is 13.8 Å². The molecule has 2 heterocycles. The Morgan fingerprint density at radius 2 is 2.00 bits per heavy atom. The number of rotatable bonds is 3. The number of anilines is 1. The monoisotopic (exact) mass is 343 g/mol. The molecular weight excluding hydrogens is 324 g/mol. The summed E-state index contributed by atoms with van der Waals surface area (Å²) in [5.41, 5.74) is 0.789. The predicted molar refractivity (Wildman–Crippen MR) is 90.9 cm³/mol. The zero-order chi connectivity index (χ0) is 17.4. The van der Waals surface area contributed by atoms with Gasteiger partial charge < -0.3 is 10.6 Å². The standard InChI is InChI=1S/C19H19F2N3O/c20-15-3-1-2-13(17(15)21)12-4-5-16(23-11-12)24-18(25)14-10-19(14)6-8-22-9-7-19/h1-5,11,14,22H,6-10H2,(H,23,24,25). The second-order valence-electron chi connectivity index (χ2n) is 6.89. The van der Waals surface area contributed by atoms with E-state index < -0.39 is 11.6 Å². The molecule has 6 heteroatoms. The third kappa shape index (κ3) is 3.02. The number of aromatic nitrogens is 1. The summed E-state index contributed by atoms with van der Waals surface area (Å²) >= 11 is 0. The van der Waals surface area contributed by atoms with Gasteiger partial charge in [-0.3, -0.25) is 4.79 Å². The topological polar surface area (TPSA) is 54.0 Å². The summed E-state index contributed by atoms with van der Waals surface area (Å²) in [6.45, 7) is 1.94. The lowest BCUT2D eigenvalue weighted by Gasteiger charge is -2.23. The van der Waals surface area contributed by atoms with Crippen molar-refractivity contribution in [1.29, 1.82) is 0 Å². The molecule has 1 atom stereocenters. The maximum atomic E-state index is 13.8. The molecule has 1 aliphatic carbocycles. The summed E-state index contributed by atoms with van der Waals surface area (Å²) in [7, 11) is 0. The van der Waals surface area contributed by atoms with E-state index in [9.17, 15) is 13.6 Å². The van der Waals surface area contributed by atoms with Crippen molar-refractivity contribution in [2.45, 2.75) is 19.3 Å². The molecule has 2 aromatic rings. The fraction of sp³-hybridized carbons (Fsp3) is 0.368. The first-order valence-corrected chi connectivity index (χ1v) is 8.51. The van der Waals surface area contributed by atoms with Gasteiger partial charge in [-0.15, -0.1) is 0 Å². The van der Waals surface area contributed by atoms with E-state index in [2.05, 4.69) is 15.6 Å². The quantitative estimate of drug-likeness (QED) is 0.899. The minimum atomic E-state index is -0.896. The van der Waals surface area contributed by atoms with Crippen molar-refractivity contribution in [2.75, 3.05) is 18.4 Å². The zero-order valence-electron chi connectivity index (χ0n) is 13.7. The molecule has 2 N–H and O–H groups in total. The number of carbonyl (C=O) groups is 1. The van der Waals surface area contributed by atoms with Crippen LogP contribution in [-0.4, -0.2) is 24.0 Å². The second-order valence-corrected chi connectivity index (χ2v) is 6.89. The zero-order valence-corrected chi connectivity index (χ0v) is 13.7. The van der Waals surface area contributed by atoms with Gasteiger partial charge in [0.2, 0.25) is 5.91 Å². The number of halogens is 2. The van der Waals surface area contributed by atoms with Gasteiger partial charge in [-0.05, 0) is 56.0 Å². The summed E-state index contributed by atoms with van der Waals surface area (Å²) in [5, 5.41) is 6.16. The van der Waals surface area contributed by atoms with Crippen LogP contribution >= 0.6 is 0 Å². The average molecular weight is 343 g/mol. The Morgan fingerprint density at radius 1 is 1.20 bits per heavy atom. The molecule has 0 bridgehead atoms. The minimum absolute atomic E-state index is 0.000846. The average Bonchev–Trinajstić information content (AvgIpc) is 3.32. The van der Waals surface area contributed by atoms with Gasteiger partial charge in [0.25, 0.3) is 0 Å². The third-order valence-corrected chi connectivity index (χ3v) is 5.38. The number of pyridine rings is 1. The van der Waals surface area contributed by atoms with Crippen molar-refractivity contribution in [2.24, 2.45) is 11.3 Å². The molecule has 1 aliphatic heterocycles. The fourth-order valence-corrected chi connectivity index (χ4v) is 3.76. The number of hydrogen-bond donors (Lipinski definition) is 2. The molecule has 0 radical (unpaired) electrons. The number of benzene rings is 1. The number of carbonyl (C=O) groups excluding carboxylic acids is 1. The van der Waals surface area contributed by atoms with Gasteiger partial charge in [0.05, 0.1) is 0 Å². The molecule has 4 nitrogen and oxygen atoms in total. The van der Waals surface area contributed by atoms with E-state index >= 15 is 0 Å². The molecule has 1 saturated heterocycles. The third-order valence-electron chi connectivity index (χ3n) is 5.38. The molecule has 2 aliphatic rings. The van der Waals surface area contributed by atoms with Crippen LogP contribution in [0.3, 0.4) is 0 Å². The normalized spacial score (nSPS) is 21.1. The number of nitrogens with one attached hydrogen (secondary N) is 2. The van der Waals surface area contributed by atoms with Gasteiger partial charge >= 0.3 is 0 Å². The largest absolute Gasteiger partial charge is 0.317 e. The first-order valence-electron chi connectivity index (χ1n) is 8.51. The summed E-state index contributed by atoms with van der Waals surface area (Å²) in [5.74, 6) is -1.31. The summed E-state index contributed by atoms with van der Waals surface area (Å²) in [6, 6.07) is 7.28. The molecular formula is C19H19F2N3O. The van der Waals surface area contributed by atoms with Gasteiger partial charge in [-0.2, -0.15) is 0 Å². The van der Waals surface area contributed by atoms with Crippen molar-refractivity contribution in [1.82, 2.24) is 10.3 Å². The smallest absolute Gasteiger partial charge is 0.229 e. The number of nitrogens with zero attached hydrogens (tertiary/aromatic N) is 1. The van der Waals surface area contributed by atoms with Crippen LogP contribution < -0.4 is 10.6 Å². The Labute approximate surface area is 144 Å². The van der Waals surface area contributed by atoms with Crippen molar-refractivity contribution in [3.8, 4) is 11.1 Å². The summed E-state index contributed by atoms with van der Waals surface area (Å²) < 4.78 is 27.2. The molecule has 1 unspecified atom stereocenters. The van der Waals surface area contributed by atoms with Crippen molar-refractivity contribution in [3.63, 3.8) is 0 Å². The lowest BCUT2D eigenvalue weighted by molar-refractivity contribution is -0.118. The van der Waals surface area contributed by atoms with Crippen LogP contribution in [0.2, 0.25) is 0 Å². The van der Waals surface area contributed by atoms with E-state index in [1.165, 1.54) is 18.3 Å². The summed E-state index contributed by atoms with van der Waals surface area (Å²) in [6.07, 6.45) is 4.46. The highest BCUT2D eigenvalue weighted by Gasteiger charge is 2.57. The van der Waals surface area contributed by atoms with Crippen LogP contribution in [0, 0.1) is 23.0 Å². The van der Waals surface area contributed by atoms with Gasteiger partial charge in [0.1, 0.15) is 5.82 Å². The SMILES string of the molecule is O=C(Nc1ccc(-c2cccc(F)c2F)cn1)C1CC12CCNCC2. The Hall–Kier alpha value is -2.34. The van der Waals surface area contributed by atoms with E-state index in [1.54, 1.807) is 12.1 Å². The molecule has 130 valence electrons. The fourth-order valence-electron chi connectivity index (χ4n) is 3.76. The van der Waals surface area contributed by atoms with Crippen LogP contribution in [0.15, 0.2) is 36.5 Å². The van der Waals surface area contributed by atoms with E-state index in [0.29, 0.717) is 11.4 Å². The second kappa shape index (κ2) is 6.19. The van der Waals surface area contributed by atoms with Crippen molar-refractivity contribution < 1.29 is 13.6 Å². The van der Waals surface area contributed by atoms with E-state index in [1.807, 2.05) is 0 Å². The summed E-state index contributed by atoms with van der Waals surface area (Å²) in [4.78, 5) is 16.6. The number of piperidine rings is 1. The maximum absolute atomic E-state index is 13.8. The van der Waals surface area contributed by atoms with Crippen LogP contribution in [0.4, 0.5) is 14.6 Å². The molecule has 1 aromatic carbocycles. The highest BCUT2D eigenvalue weighted by molar-refractivity contribution is 5.94. The van der Waals surface area contributed by atoms with E-state index in [4.69, 9.17) is 0 Å². The van der Waals surface area contributed by atoms with Crippen LogP contribution in [-0.2, 0) is 4.79 Å². The maximum Gasteiger partial charge on any atom is 0.229 e. The highest BCUT2D eigenvalue weighted by Crippen LogP contribution is 2.58. The van der Waals surface area contributed by atoms with Gasteiger partial charge in [-0.1, -0.05) is 12.1 Å². The van der Waals surface area contributed by atoms with E-state index in [0.717, 1.165) is 38.4 Å². The Balaban J connectivity index is 1.44.